The maximum absolute atomic E-state index is 11.1. The molecule has 20 heavy (non-hydrogen) atoms. The third kappa shape index (κ3) is 1.82. The lowest BCUT2D eigenvalue weighted by molar-refractivity contribution is 0.0685. The monoisotopic (exact) mass is 271 g/mol. The molecule has 0 saturated heterocycles. The number of hydrogen-bond acceptors (Lipinski definition) is 3. The number of aromatic amines is 1. The lowest BCUT2D eigenvalue weighted by Gasteiger charge is -2.00. The number of aromatic carboxylic acids is 1. The molecule has 6 heteroatoms. The molecule has 0 radical (unpaired) electrons. The number of carboxylic acids is 1. The summed E-state index contributed by atoms with van der Waals surface area (Å²) in [5.41, 5.74) is 2.56. The van der Waals surface area contributed by atoms with E-state index in [4.69, 9.17) is 9.84 Å². The number of aromatic nitrogens is 3. The Balaban J connectivity index is 2.19. The van der Waals surface area contributed by atoms with Crippen molar-refractivity contribution in [2.24, 2.45) is 7.05 Å². The molecule has 0 atom stereocenters. The highest BCUT2D eigenvalue weighted by atomic mass is 16.5. The molecule has 0 aliphatic heterocycles. The fraction of sp³-hybridized carbons (Fsp3) is 0.143. The number of carboxylic acid groups (broad SMARTS) is 1. The van der Waals surface area contributed by atoms with Gasteiger partial charge in [0.15, 0.2) is 0 Å². The van der Waals surface area contributed by atoms with Gasteiger partial charge in [-0.1, -0.05) is 0 Å². The van der Waals surface area contributed by atoms with Crippen LogP contribution in [0.3, 0.4) is 0 Å². The molecule has 1 aromatic carbocycles. The van der Waals surface area contributed by atoms with Crippen LogP contribution in [0.5, 0.6) is 5.75 Å². The maximum atomic E-state index is 11.1. The summed E-state index contributed by atoms with van der Waals surface area (Å²) in [5.74, 6) is -0.253. The van der Waals surface area contributed by atoms with Gasteiger partial charge in [0.25, 0.3) is 0 Å². The normalized spacial score (nSPS) is 10.9. The number of rotatable bonds is 3. The van der Waals surface area contributed by atoms with E-state index in [0.29, 0.717) is 5.69 Å². The van der Waals surface area contributed by atoms with Gasteiger partial charge in [-0.25, -0.2) is 4.79 Å². The van der Waals surface area contributed by atoms with E-state index in [0.717, 1.165) is 22.2 Å². The van der Waals surface area contributed by atoms with Gasteiger partial charge in [0.05, 0.1) is 12.8 Å². The molecule has 0 unspecified atom stereocenters. The van der Waals surface area contributed by atoms with Gasteiger partial charge in [-0.05, 0) is 24.3 Å². The minimum absolute atomic E-state index is 0.150. The predicted octanol–water partition coefficient (Wildman–Crippen LogP) is 2.28. The van der Waals surface area contributed by atoms with Crippen molar-refractivity contribution in [2.75, 3.05) is 7.11 Å². The number of hydrogen-bond donors (Lipinski definition) is 2. The van der Waals surface area contributed by atoms with E-state index < -0.39 is 5.97 Å². The number of aryl methyl sites for hydroxylation is 1. The molecule has 2 N–H and O–H groups in total. The van der Waals surface area contributed by atoms with E-state index in [1.54, 1.807) is 20.2 Å². The fourth-order valence-corrected chi connectivity index (χ4v) is 2.24. The van der Waals surface area contributed by atoms with Gasteiger partial charge in [0.1, 0.15) is 11.4 Å². The number of nitrogens with zero attached hydrogens (tertiary/aromatic N) is 2. The predicted molar refractivity (Wildman–Crippen MR) is 74.0 cm³/mol. The van der Waals surface area contributed by atoms with Crippen LogP contribution in [0, 0.1) is 0 Å². The van der Waals surface area contributed by atoms with Crippen molar-refractivity contribution in [1.29, 1.82) is 0 Å². The highest BCUT2D eigenvalue weighted by Gasteiger charge is 2.15. The lowest BCUT2D eigenvalue weighted by Crippen LogP contribution is -2.04. The largest absolute Gasteiger partial charge is 0.497 e. The van der Waals surface area contributed by atoms with Gasteiger partial charge < -0.3 is 14.8 Å². The minimum Gasteiger partial charge on any atom is -0.497 e. The molecular weight excluding hydrogens is 258 g/mol. The van der Waals surface area contributed by atoms with E-state index >= 15 is 0 Å². The summed E-state index contributed by atoms with van der Waals surface area (Å²) < 4.78 is 6.57. The standard InChI is InChI=1S/C14H13N3O3/c1-17-13(14(18)19)6-12(16-17)10-7-15-11-4-3-8(20-2)5-9(10)11/h3-7,15H,1-2H3,(H,18,19). The van der Waals surface area contributed by atoms with Crippen molar-refractivity contribution in [2.45, 2.75) is 0 Å². The molecule has 102 valence electrons. The molecule has 0 spiro atoms. The van der Waals surface area contributed by atoms with Crippen LogP contribution in [0.15, 0.2) is 30.5 Å². The number of nitrogens with one attached hydrogen (secondary N) is 1. The molecular formula is C14H13N3O3. The summed E-state index contributed by atoms with van der Waals surface area (Å²) in [6.07, 6.45) is 1.82. The van der Waals surface area contributed by atoms with E-state index in [2.05, 4.69) is 10.1 Å². The molecule has 0 saturated carbocycles. The van der Waals surface area contributed by atoms with Gasteiger partial charge >= 0.3 is 5.97 Å². The van der Waals surface area contributed by atoms with Crippen LogP contribution in [0.2, 0.25) is 0 Å². The molecule has 2 aromatic heterocycles. The van der Waals surface area contributed by atoms with Crippen molar-refractivity contribution < 1.29 is 14.6 Å². The van der Waals surface area contributed by atoms with Crippen LogP contribution >= 0.6 is 0 Å². The van der Waals surface area contributed by atoms with Crippen LogP contribution < -0.4 is 4.74 Å². The summed E-state index contributed by atoms with van der Waals surface area (Å²) >= 11 is 0. The Bertz CT molecular complexity index is 801. The lowest BCUT2D eigenvalue weighted by atomic mass is 10.1. The van der Waals surface area contributed by atoms with Crippen molar-refractivity contribution in [3.63, 3.8) is 0 Å². The van der Waals surface area contributed by atoms with Gasteiger partial charge in [-0.3, -0.25) is 4.68 Å². The molecule has 2 heterocycles. The molecule has 0 amide bonds. The first-order valence-electron chi connectivity index (χ1n) is 6.03. The van der Waals surface area contributed by atoms with Crippen molar-refractivity contribution >= 4 is 16.9 Å². The Labute approximate surface area is 114 Å². The first kappa shape index (κ1) is 12.3. The summed E-state index contributed by atoms with van der Waals surface area (Å²) in [6.45, 7) is 0. The van der Waals surface area contributed by atoms with Gasteiger partial charge in [-0.2, -0.15) is 5.10 Å². The first-order chi connectivity index (χ1) is 9.60. The van der Waals surface area contributed by atoms with Crippen molar-refractivity contribution in [3.05, 3.63) is 36.2 Å². The molecule has 3 aromatic rings. The maximum Gasteiger partial charge on any atom is 0.354 e. The topological polar surface area (TPSA) is 80.1 Å². The smallest absolute Gasteiger partial charge is 0.354 e. The number of benzene rings is 1. The summed E-state index contributed by atoms with van der Waals surface area (Å²) in [6, 6.07) is 7.24. The Hall–Kier alpha value is -2.76. The molecule has 6 nitrogen and oxygen atoms in total. The SMILES string of the molecule is COc1ccc2[nH]cc(-c3cc(C(=O)O)n(C)n3)c2c1. The average Bonchev–Trinajstić information content (AvgIpc) is 3.01. The zero-order valence-electron chi connectivity index (χ0n) is 11.0. The second-order valence-electron chi connectivity index (χ2n) is 4.46. The van der Waals surface area contributed by atoms with Crippen LogP contribution in [0.4, 0.5) is 0 Å². The first-order valence-corrected chi connectivity index (χ1v) is 6.03. The van der Waals surface area contributed by atoms with Gasteiger partial charge in [0.2, 0.25) is 0 Å². The fourth-order valence-electron chi connectivity index (χ4n) is 2.24. The number of fused-ring (bicyclic) bond motifs is 1. The molecule has 0 bridgehead atoms. The number of carbonyl (C=O) groups is 1. The molecule has 0 aliphatic rings. The quantitative estimate of drug-likeness (QED) is 0.765. The van der Waals surface area contributed by atoms with Gasteiger partial charge in [-0.15, -0.1) is 0 Å². The second kappa shape index (κ2) is 4.41. The van der Waals surface area contributed by atoms with Gasteiger partial charge in [0, 0.05) is 29.7 Å². The Kier molecular flexibility index (Phi) is 2.71. The van der Waals surface area contributed by atoms with Crippen LogP contribution in [0.25, 0.3) is 22.2 Å². The third-order valence-electron chi connectivity index (χ3n) is 3.26. The Morgan fingerprint density at radius 2 is 2.20 bits per heavy atom. The number of ether oxygens (including phenoxy) is 1. The highest BCUT2D eigenvalue weighted by Crippen LogP contribution is 2.30. The highest BCUT2D eigenvalue weighted by molar-refractivity contribution is 5.96. The minimum atomic E-state index is -0.997. The Morgan fingerprint density at radius 1 is 1.40 bits per heavy atom. The molecule has 3 rings (SSSR count). The van der Waals surface area contributed by atoms with Crippen molar-refractivity contribution in [3.8, 4) is 17.0 Å². The summed E-state index contributed by atoms with van der Waals surface area (Å²) in [4.78, 5) is 14.2. The second-order valence-corrected chi connectivity index (χ2v) is 4.46. The van der Waals surface area contributed by atoms with E-state index in [9.17, 15) is 4.79 Å². The van der Waals surface area contributed by atoms with Crippen LogP contribution in [-0.4, -0.2) is 33.0 Å². The summed E-state index contributed by atoms with van der Waals surface area (Å²) in [5, 5.41) is 14.3. The summed E-state index contributed by atoms with van der Waals surface area (Å²) in [7, 11) is 3.22. The van der Waals surface area contributed by atoms with Crippen LogP contribution in [-0.2, 0) is 7.05 Å². The number of H-pyrrole nitrogens is 1. The third-order valence-corrected chi connectivity index (χ3v) is 3.26. The zero-order chi connectivity index (χ0) is 14.3. The van der Waals surface area contributed by atoms with Crippen molar-refractivity contribution in [1.82, 2.24) is 14.8 Å². The van der Waals surface area contributed by atoms with E-state index in [1.165, 1.54) is 4.68 Å². The zero-order valence-corrected chi connectivity index (χ0v) is 11.0. The number of methoxy groups -OCH3 is 1. The van der Waals surface area contributed by atoms with E-state index in [-0.39, 0.29) is 5.69 Å². The van der Waals surface area contributed by atoms with E-state index in [1.807, 2.05) is 24.4 Å². The molecule has 0 aliphatic carbocycles. The average molecular weight is 271 g/mol. The van der Waals surface area contributed by atoms with Crippen LogP contribution in [0.1, 0.15) is 10.5 Å². The Morgan fingerprint density at radius 3 is 2.85 bits per heavy atom. The molecule has 0 fully saturated rings.